The van der Waals surface area contributed by atoms with Gasteiger partial charge in [-0.25, -0.2) is 0 Å². The van der Waals surface area contributed by atoms with Crippen LogP contribution in [0.1, 0.15) is 11.4 Å². The summed E-state index contributed by atoms with van der Waals surface area (Å²) in [5.41, 5.74) is 2.70. The minimum Gasteiger partial charge on any atom is -0.321 e. The van der Waals surface area contributed by atoms with E-state index in [-0.39, 0.29) is 5.35 Å². The Morgan fingerprint density at radius 1 is 1.14 bits per heavy atom. The highest BCUT2D eigenvalue weighted by Crippen LogP contribution is 2.18. The average molecular weight is 210 g/mol. The molecule has 5 heteroatoms. The third-order valence-corrected chi connectivity index (χ3v) is 1.89. The van der Waals surface area contributed by atoms with E-state index >= 15 is 0 Å². The van der Waals surface area contributed by atoms with Crippen LogP contribution in [0.25, 0.3) is 11.4 Å². The molecular weight excluding hydrogens is 202 g/mol. The van der Waals surface area contributed by atoms with Crippen LogP contribution in [0.15, 0.2) is 16.7 Å². The molecule has 0 aliphatic rings. The number of pyridine rings is 1. The van der Waals surface area contributed by atoms with Gasteiger partial charge in [0.05, 0.1) is 0 Å². The zero-order valence-corrected chi connectivity index (χ0v) is 8.54. The second kappa shape index (κ2) is 3.38. The van der Waals surface area contributed by atoms with Gasteiger partial charge < -0.3 is 4.52 Å². The van der Waals surface area contributed by atoms with Crippen molar-refractivity contribution in [3.05, 3.63) is 28.9 Å². The monoisotopic (exact) mass is 209 g/mol. The molecule has 0 bridgehead atoms. The number of aromatic nitrogens is 3. The number of hydrogen-bond donors (Lipinski definition) is 0. The molecule has 0 saturated heterocycles. The van der Waals surface area contributed by atoms with Crippen LogP contribution in [0.2, 0.25) is 5.35 Å². The first kappa shape index (κ1) is 9.15. The van der Waals surface area contributed by atoms with E-state index in [0.29, 0.717) is 5.82 Å². The van der Waals surface area contributed by atoms with Crippen LogP contribution in [0.5, 0.6) is 0 Å². The summed E-state index contributed by atoms with van der Waals surface area (Å²) >= 11 is 5.53. The second-order valence-electron chi connectivity index (χ2n) is 3.01. The topological polar surface area (TPSA) is 51.8 Å². The van der Waals surface area contributed by atoms with Crippen LogP contribution in [-0.4, -0.2) is 15.1 Å². The Hall–Kier alpha value is -1.42. The lowest BCUT2D eigenvalue weighted by Crippen LogP contribution is -1.89. The number of aryl methyl sites for hydroxylation is 2. The van der Waals surface area contributed by atoms with E-state index in [1.54, 1.807) is 0 Å². The van der Waals surface area contributed by atoms with Crippen LogP contribution < -0.4 is 0 Å². The molecule has 0 atom stereocenters. The van der Waals surface area contributed by atoms with Crippen molar-refractivity contribution in [3.63, 3.8) is 0 Å². The molecule has 0 fully saturated rings. The van der Waals surface area contributed by atoms with Crippen LogP contribution in [0.4, 0.5) is 0 Å². The maximum absolute atomic E-state index is 5.53. The van der Waals surface area contributed by atoms with Crippen molar-refractivity contribution in [3.8, 4) is 11.4 Å². The first-order valence-corrected chi connectivity index (χ1v) is 4.48. The lowest BCUT2D eigenvalue weighted by Gasteiger charge is -1.98. The molecule has 0 saturated carbocycles. The van der Waals surface area contributed by atoms with Crippen molar-refractivity contribution in [2.45, 2.75) is 13.8 Å². The number of rotatable bonds is 1. The molecule has 0 aliphatic carbocycles. The Kier molecular flexibility index (Phi) is 2.21. The Morgan fingerprint density at radius 3 is 2.29 bits per heavy atom. The van der Waals surface area contributed by atoms with Crippen molar-refractivity contribution in [1.29, 1.82) is 0 Å². The third kappa shape index (κ3) is 1.75. The number of hydrogen-bond acceptors (Lipinski definition) is 4. The van der Waals surface area contributed by atoms with Crippen LogP contribution >= 0.6 is 11.6 Å². The van der Waals surface area contributed by atoms with Crippen LogP contribution in [-0.2, 0) is 0 Å². The molecule has 0 radical (unpaired) electrons. The maximum Gasteiger partial charge on any atom is 0.320 e. The standard InChI is InChI=1S/C9H8ClN3O/c1-5-3-7(4-6(2)11-5)8-12-9(10)14-13-8/h3-4H,1-2H3. The van der Waals surface area contributed by atoms with E-state index in [4.69, 9.17) is 11.6 Å². The molecule has 0 N–H and O–H groups in total. The van der Waals surface area contributed by atoms with Crippen molar-refractivity contribution < 1.29 is 4.52 Å². The van der Waals surface area contributed by atoms with Gasteiger partial charge in [-0.15, -0.1) is 0 Å². The minimum atomic E-state index is 0.0483. The summed E-state index contributed by atoms with van der Waals surface area (Å²) in [4.78, 5) is 8.17. The van der Waals surface area contributed by atoms with Gasteiger partial charge in [-0.1, -0.05) is 5.16 Å². The van der Waals surface area contributed by atoms with Gasteiger partial charge in [-0.05, 0) is 37.6 Å². The second-order valence-corrected chi connectivity index (χ2v) is 3.33. The van der Waals surface area contributed by atoms with Crippen LogP contribution in [0, 0.1) is 13.8 Å². The van der Waals surface area contributed by atoms with Gasteiger partial charge in [0.25, 0.3) is 0 Å². The van der Waals surface area contributed by atoms with Crippen molar-refractivity contribution in [2.75, 3.05) is 0 Å². The van der Waals surface area contributed by atoms with Gasteiger partial charge in [-0.3, -0.25) is 4.98 Å². The van der Waals surface area contributed by atoms with E-state index in [2.05, 4.69) is 19.6 Å². The summed E-state index contributed by atoms with van der Waals surface area (Å²) < 4.78 is 4.68. The highest BCUT2D eigenvalue weighted by Gasteiger charge is 2.07. The van der Waals surface area contributed by atoms with Gasteiger partial charge in [0.1, 0.15) is 0 Å². The lowest BCUT2D eigenvalue weighted by atomic mass is 10.2. The Morgan fingerprint density at radius 2 is 1.79 bits per heavy atom. The number of nitrogens with zero attached hydrogens (tertiary/aromatic N) is 3. The van der Waals surface area contributed by atoms with Gasteiger partial charge in [0, 0.05) is 17.0 Å². The van der Waals surface area contributed by atoms with Crippen LogP contribution in [0.3, 0.4) is 0 Å². The normalized spacial score (nSPS) is 10.5. The summed E-state index contributed by atoms with van der Waals surface area (Å²) in [5.74, 6) is 0.489. The van der Waals surface area contributed by atoms with Gasteiger partial charge in [-0.2, -0.15) is 4.98 Å². The van der Waals surface area contributed by atoms with Crippen molar-refractivity contribution in [1.82, 2.24) is 15.1 Å². The molecule has 0 spiro atoms. The molecule has 0 amide bonds. The quantitative estimate of drug-likeness (QED) is 0.724. The largest absolute Gasteiger partial charge is 0.321 e. The van der Waals surface area contributed by atoms with E-state index in [9.17, 15) is 0 Å². The summed E-state index contributed by atoms with van der Waals surface area (Å²) in [6, 6.07) is 3.77. The fourth-order valence-corrected chi connectivity index (χ4v) is 1.40. The fourth-order valence-electron chi connectivity index (χ4n) is 1.29. The molecular formula is C9H8ClN3O. The summed E-state index contributed by atoms with van der Waals surface area (Å²) in [6.07, 6.45) is 0. The molecule has 2 aromatic heterocycles. The first-order valence-electron chi connectivity index (χ1n) is 4.10. The minimum absolute atomic E-state index is 0.0483. The Balaban J connectivity index is 2.51. The molecule has 2 rings (SSSR count). The lowest BCUT2D eigenvalue weighted by molar-refractivity contribution is 0.421. The SMILES string of the molecule is Cc1cc(-c2noc(Cl)n2)cc(C)n1. The zero-order chi connectivity index (χ0) is 10.1. The van der Waals surface area contributed by atoms with E-state index in [1.165, 1.54) is 0 Å². The molecule has 0 unspecified atom stereocenters. The zero-order valence-electron chi connectivity index (χ0n) is 7.78. The van der Waals surface area contributed by atoms with Gasteiger partial charge in [0.2, 0.25) is 5.82 Å². The highest BCUT2D eigenvalue weighted by molar-refractivity contribution is 6.27. The van der Waals surface area contributed by atoms with E-state index in [0.717, 1.165) is 17.0 Å². The van der Waals surface area contributed by atoms with Gasteiger partial charge in [0.15, 0.2) is 0 Å². The van der Waals surface area contributed by atoms with Gasteiger partial charge >= 0.3 is 5.35 Å². The molecule has 0 aliphatic heterocycles. The first-order chi connectivity index (χ1) is 6.65. The highest BCUT2D eigenvalue weighted by atomic mass is 35.5. The molecule has 14 heavy (non-hydrogen) atoms. The molecule has 0 aromatic carbocycles. The molecule has 2 aromatic rings. The van der Waals surface area contributed by atoms with Crippen molar-refractivity contribution >= 4 is 11.6 Å². The predicted molar refractivity (Wildman–Crippen MR) is 52.0 cm³/mol. The number of halogens is 1. The summed E-state index contributed by atoms with van der Waals surface area (Å²) in [6.45, 7) is 3.83. The van der Waals surface area contributed by atoms with E-state index < -0.39 is 0 Å². The summed E-state index contributed by atoms with van der Waals surface area (Å²) in [7, 11) is 0. The predicted octanol–water partition coefficient (Wildman–Crippen LogP) is 2.40. The third-order valence-electron chi connectivity index (χ3n) is 1.74. The Bertz CT molecular complexity index is 447. The average Bonchev–Trinajstić information content (AvgIpc) is 2.50. The van der Waals surface area contributed by atoms with E-state index in [1.807, 2.05) is 26.0 Å². The smallest absolute Gasteiger partial charge is 0.320 e. The molecule has 4 nitrogen and oxygen atoms in total. The Labute approximate surface area is 85.9 Å². The molecule has 72 valence electrons. The summed E-state index contributed by atoms with van der Waals surface area (Å²) in [5, 5.41) is 3.77. The fraction of sp³-hybridized carbons (Fsp3) is 0.222. The maximum atomic E-state index is 5.53. The van der Waals surface area contributed by atoms with Crippen molar-refractivity contribution in [2.24, 2.45) is 0 Å². The molecule has 2 heterocycles.